The zero-order valence-electron chi connectivity index (χ0n) is 10.9. The Kier molecular flexibility index (Phi) is 2.96. The van der Waals surface area contributed by atoms with E-state index in [9.17, 15) is 0 Å². The number of rotatable bonds is 3. The second-order valence-electron chi connectivity index (χ2n) is 5.83. The van der Waals surface area contributed by atoms with Crippen molar-refractivity contribution < 1.29 is 0 Å². The molecule has 17 heavy (non-hydrogen) atoms. The minimum atomic E-state index is 0.749. The van der Waals surface area contributed by atoms with Crippen molar-refractivity contribution in [3.8, 4) is 0 Å². The molecule has 92 valence electrons. The Hall–Kier alpha value is -0.820. The van der Waals surface area contributed by atoms with E-state index in [4.69, 9.17) is 0 Å². The lowest BCUT2D eigenvalue weighted by atomic mass is 9.58. The number of hydrogen-bond acceptors (Lipinski definition) is 1. The normalized spacial score (nSPS) is 34.7. The van der Waals surface area contributed by atoms with Crippen LogP contribution in [-0.2, 0) is 0 Å². The summed E-state index contributed by atoms with van der Waals surface area (Å²) in [6.07, 6.45) is 3.98. The van der Waals surface area contributed by atoms with Gasteiger partial charge in [0, 0.05) is 6.04 Å². The zero-order valence-corrected chi connectivity index (χ0v) is 10.9. The highest BCUT2D eigenvalue weighted by molar-refractivity contribution is 5.39. The molecule has 0 amide bonds. The molecule has 4 atom stereocenters. The first-order chi connectivity index (χ1) is 8.31. The minimum absolute atomic E-state index is 0.749. The van der Waals surface area contributed by atoms with Crippen LogP contribution in [0.25, 0.3) is 0 Å². The first kappa shape index (κ1) is 11.3. The Labute approximate surface area is 105 Å². The molecule has 1 aromatic carbocycles. The summed E-state index contributed by atoms with van der Waals surface area (Å²) in [6, 6.07) is 9.89. The molecule has 1 aromatic rings. The molecule has 0 heterocycles. The minimum Gasteiger partial charge on any atom is -0.314 e. The van der Waals surface area contributed by atoms with Gasteiger partial charge < -0.3 is 5.32 Å². The highest BCUT2D eigenvalue weighted by Crippen LogP contribution is 2.53. The summed E-state index contributed by atoms with van der Waals surface area (Å²) in [5.74, 6) is 2.49. The lowest BCUT2D eigenvalue weighted by Gasteiger charge is -2.51. The molecular weight excluding hydrogens is 206 g/mol. The first-order valence-electron chi connectivity index (χ1n) is 7.13. The average molecular weight is 229 g/mol. The topological polar surface area (TPSA) is 12.0 Å². The van der Waals surface area contributed by atoms with Crippen LogP contribution in [0.4, 0.5) is 0 Å². The van der Waals surface area contributed by atoms with Gasteiger partial charge in [-0.3, -0.25) is 0 Å². The number of nitrogens with one attached hydrogen (secondary N) is 1. The van der Waals surface area contributed by atoms with E-state index in [1.165, 1.54) is 25.8 Å². The van der Waals surface area contributed by atoms with Gasteiger partial charge in [-0.1, -0.05) is 38.1 Å². The third-order valence-corrected chi connectivity index (χ3v) is 4.75. The molecule has 1 heteroatoms. The van der Waals surface area contributed by atoms with E-state index in [1.54, 1.807) is 11.1 Å². The Morgan fingerprint density at radius 3 is 2.71 bits per heavy atom. The molecule has 1 nitrogen and oxygen atoms in total. The fourth-order valence-corrected chi connectivity index (χ4v) is 3.79. The van der Waals surface area contributed by atoms with Crippen molar-refractivity contribution in [3.05, 3.63) is 35.4 Å². The van der Waals surface area contributed by atoms with Crippen LogP contribution in [0.2, 0.25) is 0 Å². The van der Waals surface area contributed by atoms with Gasteiger partial charge in [-0.15, -0.1) is 0 Å². The molecule has 1 N–H and O–H groups in total. The quantitative estimate of drug-likeness (QED) is 0.834. The second kappa shape index (κ2) is 4.45. The molecule has 0 bridgehead atoms. The molecule has 2 aliphatic carbocycles. The smallest absolute Gasteiger partial charge is 0.0107 e. The largest absolute Gasteiger partial charge is 0.314 e. The molecule has 1 saturated carbocycles. The molecule has 3 rings (SSSR count). The predicted molar refractivity (Wildman–Crippen MR) is 72.4 cm³/mol. The summed E-state index contributed by atoms with van der Waals surface area (Å²) in [5.41, 5.74) is 3.26. The van der Waals surface area contributed by atoms with Crippen molar-refractivity contribution in [2.45, 2.75) is 51.0 Å². The highest BCUT2D eigenvalue weighted by atomic mass is 14.9. The summed E-state index contributed by atoms with van der Waals surface area (Å²) >= 11 is 0. The van der Waals surface area contributed by atoms with Crippen molar-refractivity contribution in [2.75, 3.05) is 6.54 Å². The molecule has 0 radical (unpaired) electrons. The van der Waals surface area contributed by atoms with Crippen LogP contribution in [0.15, 0.2) is 24.3 Å². The predicted octanol–water partition coefficient (Wildman–Crippen LogP) is 3.67. The van der Waals surface area contributed by atoms with E-state index in [1.807, 2.05) is 0 Å². The van der Waals surface area contributed by atoms with Gasteiger partial charge in [0.1, 0.15) is 0 Å². The monoisotopic (exact) mass is 229 g/mol. The number of fused-ring (bicyclic) bond motifs is 3. The summed E-state index contributed by atoms with van der Waals surface area (Å²) in [7, 11) is 0. The molecule has 0 spiro atoms. The van der Waals surface area contributed by atoms with Gasteiger partial charge in [-0.05, 0) is 54.7 Å². The maximum Gasteiger partial charge on any atom is 0.0107 e. The van der Waals surface area contributed by atoms with Crippen LogP contribution in [0, 0.1) is 5.92 Å². The third kappa shape index (κ3) is 1.81. The molecule has 2 aliphatic rings. The lowest BCUT2D eigenvalue weighted by Crippen LogP contribution is -2.51. The Bertz CT molecular complexity index is 398. The summed E-state index contributed by atoms with van der Waals surface area (Å²) in [6.45, 7) is 5.83. The van der Waals surface area contributed by atoms with Crippen LogP contribution < -0.4 is 5.32 Å². The summed E-state index contributed by atoms with van der Waals surface area (Å²) < 4.78 is 0. The maximum atomic E-state index is 3.72. The zero-order chi connectivity index (χ0) is 11.8. The first-order valence-corrected chi connectivity index (χ1v) is 7.13. The van der Waals surface area contributed by atoms with Crippen molar-refractivity contribution in [1.29, 1.82) is 0 Å². The second-order valence-corrected chi connectivity index (χ2v) is 5.83. The average Bonchev–Trinajstić information content (AvgIpc) is 2.34. The van der Waals surface area contributed by atoms with Crippen molar-refractivity contribution in [2.24, 2.45) is 5.92 Å². The molecule has 0 aromatic heterocycles. The van der Waals surface area contributed by atoms with E-state index in [0.29, 0.717) is 0 Å². The van der Waals surface area contributed by atoms with E-state index in [0.717, 1.165) is 23.8 Å². The molecule has 1 fully saturated rings. The summed E-state index contributed by atoms with van der Waals surface area (Å²) in [4.78, 5) is 0. The van der Waals surface area contributed by atoms with Crippen molar-refractivity contribution in [1.82, 2.24) is 5.32 Å². The van der Waals surface area contributed by atoms with Crippen LogP contribution in [0.1, 0.15) is 56.1 Å². The van der Waals surface area contributed by atoms with Crippen LogP contribution in [-0.4, -0.2) is 12.6 Å². The van der Waals surface area contributed by atoms with Gasteiger partial charge >= 0.3 is 0 Å². The lowest BCUT2D eigenvalue weighted by molar-refractivity contribution is 0.134. The fraction of sp³-hybridized carbons (Fsp3) is 0.625. The van der Waals surface area contributed by atoms with Crippen LogP contribution >= 0.6 is 0 Å². The third-order valence-electron chi connectivity index (χ3n) is 4.75. The van der Waals surface area contributed by atoms with Gasteiger partial charge in [0.05, 0.1) is 0 Å². The molecule has 0 aliphatic heterocycles. The number of hydrogen-bond donors (Lipinski definition) is 1. The van der Waals surface area contributed by atoms with Crippen molar-refractivity contribution >= 4 is 0 Å². The van der Waals surface area contributed by atoms with Gasteiger partial charge in [0.15, 0.2) is 0 Å². The Morgan fingerprint density at radius 1 is 1.18 bits per heavy atom. The Morgan fingerprint density at radius 2 is 1.94 bits per heavy atom. The Balaban J connectivity index is 1.78. The van der Waals surface area contributed by atoms with E-state index in [2.05, 4.69) is 43.4 Å². The van der Waals surface area contributed by atoms with Gasteiger partial charge in [-0.2, -0.15) is 0 Å². The number of benzene rings is 1. The van der Waals surface area contributed by atoms with Gasteiger partial charge in [-0.25, -0.2) is 0 Å². The SMILES string of the molecule is CCCNC1CC2c3ccccc3C(C)CC12. The van der Waals surface area contributed by atoms with E-state index in [-0.39, 0.29) is 0 Å². The van der Waals surface area contributed by atoms with Gasteiger partial charge in [0.25, 0.3) is 0 Å². The molecule has 4 unspecified atom stereocenters. The van der Waals surface area contributed by atoms with Crippen LogP contribution in [0.3, 0.4) is 0 Å². The van der Waals surface area contributed by atoms with Crippen molar-refractivity contribution in [3.63, 3.8) is 0 Å². The van der Waals surface area contributed by atoms with Crippen LogP contribution in [0.5, 0.6) is 0 Å². The summed E-state index contributed by atoms with van der Waals surface area (Å²) in [5, 5.41) is 3.72. The van der Waals surface area contributed by atoms with E-state index < -0.39 is 0 Å². The molecule has 0 saturated heterocycles. The van der Waals surface area contributed by atoms with E-state index >= 15 is 0 Å². The maximum absolute atomic E-state index is 3.72. The van der Waals surface area contributed by atoms with Gasteiger partial charge in [0.2, 0.25) is 0 Å². The fourth-order valence-electron chi connectivity index (χ4n) is 3.79. The standard InChI is InChI=1S/C16H23N/c1-3-8-17-16-10-14-13-7-5-4-6-12(13)11(2)9-15(14)16/h4-7,11,14-17H,3,8-10H2,1-2H3. The highest BCUT2D eigenvalue weighted by Gasteiger charge is 2.45. The molecular formula is C16H23N.